The number of carboxylic acid groups (broad SMARTS) is 1. The molecule has 1 fully saturated rings. The number of H-pyrrole nitrogens is 1. The van der Waals surface area contributed by atoms with Crippen molar-refractivity contribution in [2.24, 2.45) is 0 Å². The first-order valence-corrected chi connectivity index (χ1v) is 5.96. The summed E-state index contributed by atoms with van der Waals surface area (Å²) in [4.78, 5) is 28.6. The van der Waals surface area contributed by atoms with Crippen molar-refractivity contribution >= 4 is 11.9 Å². The number of aromatic amines is 1. The van der Waals surface area contributed by atoms with E-state index in [1.165, 1.54) is 4.90 Å². The summed E-state index contributed by atoms with van der Waals surface area (Å²) in [5.41, 5.74) is 0. The Hall–Kier alpha value is -1.92. The molecule has 0 unspecified atom stereocenters. The Morgan fingerprint density at radius 2 is 2.22 bits per heavy atom. The average Bonchev–Trinajstić information content (AvgIpc) is 2.97. The van der Waals surface area contributed by atoms with Gasteiger partial charge in [-0.2, -0.15) is 0 Å². The zero-order valence-corrected chi connectivity index (χ0v) is 10.4. The van der Waals surface area contributed by atoms with Gasteiger partial charge < -0.3 is 10.0 Å². The highest BCUT2D eigenvalue weighted by atomic mass is 16.4. The second kappa shape index (κ2) is 4.75. The molecule has 0 bridgehead atoms. The van der Waals surface area contributed by atoms with Crippen LogP contribution >= 0.6 is 0 Å². The van der Waals surface area contributed by atoms with Crippen molar-refractivity contribution in [2.75, 3.05) is 6.54 Å². The number of carboxylic acids is 1. The third-order valence-corrected chi connectivity index (χ3v) is 3.04. The van der Waals surface area contributed by atoms with Crippen molar-refractivity contribution in [3.05, 3.63) is 11.6 Å². The molecule has 2 rings (SSSR count). The summed E-state index contributed by atoms with van der Waals surface area (Å²) in [6.45, 7) is 4.32. The quantitative estimate of drug-likeness (QED) is 0.821. The predicted molar refractivity (Wildman–Crippen MR) is 62.2 cm³/mol. The number of amides is 1. The zero-order valence-electron chi connectivity index (χ0n) is 10.4. The maximum absolute atomic E-state index is 12.1. The van der Waals surface area contributed by atoms with E-state index >= 15 is 0 Å². The van der Waals surface area contributed by atoms with Gasteiger partial charge in [0.05, 0.1) is 0 Å². The fourth-order valence-electron chi connectivity index (χ4n) is 2.02. The number of carbonyl (C=O) groups excluding carboxylic acids is 1. The molecule has 1 aromatic heterocycles. The van der Waals surface area contributed by atoms with E-state index in [9.17, 15) is 9.59 Å². The highest BCUT2D eigenvalue weighted by Gasteiger charge is 2.35. The molecule has 1 aliphatic rings. The van der Waals surface area contributed by atoms with Gasteiger partial charge in [0.25, 0.3) is 5.91 Å². The number of aromatic nitrogens is 3. The lowest BCUT2D eigenvalue weighted by Crippen LogP contribution is -2.40. The van der Waals surface area contributed by atoms with Crippen LogP contribution < -0.4 is 0 Å². The SMILES string of the molecule is CC(C)c1nc(C(=O)N2CCC[C@H]2C(=O)O)n[nH]1. The molecule has 0 radical (unpaired) electrons. The largest absolute Gasteiger partial charge is 0.480 e. The van der Waals surface area contributed by atoms with Gasteiger partial charge in [0.15, 0.2) is 0 Å². The smallest absolute Gasteiger partial charge is 0.326 e. The number of nitrogens with one attached hydrogen (secondary N) is 1. The molecule has 2 N–H and O–H groups in total. The normalized spacial score (nSPS) is 19.5. The second-order valence-corrected chi connectivity index (χ2v) is 4.69. The minimum atomic E-state index is -0.972. The van der Waals surface area contributed by atoms with Gasteiger partial charge in [-0.05, 0) is 12.8 Å². The number of nitrogens with zero attached hydrogens (tertiary/aromatic N) is 3. The maximum Gasteiger partial charge on any atom is 0.326 e. The van der Waals surface area contributed by atoms with Crippen LogP contribution in [0.4, 0.5) is 0 Å². The lowest BCUT2D eigenvalue weighted by molar-refractivity contribution is -0.141. The predicted octanol–water partition coefficient (Wildman–Crippen LogP) is 0.617. The van der Waals surface area contributed by atoms with E-state index in [1.807, 2.05) is 13.8 Å². The van der Waals surface area contributed by atoms with Gasteiger partial charge in [0, 0.05) is 12.5 Å². The summed E-state index contributed by atoms with van der Waals surface area (Å²) in [6.07, 6.45) is 1.19. The standard InChI is InChI=1S/C11H16N4O3/c1-6(2)8-12-9(14-13-8)10(16)15-5-3-4-7(15)11(17)18/h6-7H,3-5H2,1-2H3,(H,17,18)(H,12,13,14)/t7-/m0/s1. The molecule has 1 aromatic rings. The number of carbonyl (C=O) groups is 2. The summed E-state index contributed by atoms with van der Waals surface area (Å²) in [5, 5.41) is 15.6. The van der Waals surface area contributed by atoms with Crippen molar-refractivity contribution in [3.63, 3.8) is 0 Å². The van der Waals surface area contributed by atoms with Crippen LogP contribution in [0.15, 0.2) is 0 Å². The first kappa shape index (κ1) is 12.5. The first-order chi connectivity index (χ1) is 8.50. The third-order valence-electron chi connectivity index (χ3n) is 3.04. The molecular weight excluding hydrogens is 236 g/mol. The van der Waals surface area contributed by atoms with Crippen LogP contribution in [0.3, 0.4) is 0 Å². The molecule has 7 nitrogen and oxygen atoms in total. The van der Waals surface area contributed by atoms with E-state index in [1.54, 1.807) is 0 Å². The van der Waals surface area contributed by atoms with Gasteiger partial charge in [0.1, 0.15) is 11.9 Å². The minimum Gasteiger partial charge on any atom is -0.480 e. The molecule has 18 heavy (non-hydrogen) atoms. The van der Waals surface area contributed by atoms with Crippen LogP contribution in [-0.2, 0) is 4.79 Å². The Morgan fingerprint density at radius 1 is 1.50 bits per heavy atom. The van der Waals surface area contributed by atoms with Crippen molar-refractivity contribution in [2.45, 2.75) is 38.6 Å². The van der Waals surface area contributed by atoms with Crippen LogP contribution in [0.5, 0.6) is 0 Å². The lowest BCUT2D eigenvalue weighted by atomic mass is 10.2. The number of aliphatic carboxylic acids is 1. The average molecular weight is 252 g/mol. The first-order valence-electron chi connectivity index (χ1n) is 5.96. The molecular formula is C11H16N4O3. The van der Waals surface area contributed by atoms with Crippen LogP contribution in [0.25, 0.3) is 0 Å². The van der Waals surface area contributed by atoms with Crippen LogP contribution in [0.2, 0.25) is 0 Å². The zero-order chi connectivity index (χ0) is 13.3. The summed E-state index contributed by atoms with van der Waals surface area (Å²) >= 11 is 0. The van der Waals surface area contributed by atoms with Gasteiger partial charge >= 0.3 is 5.97 Å². The van der Waals surface area contributed by atoms with Gasteiger partial charge in [-0.1, -0.05) is 13.8 Å². The van der Waals surface area contributed by atoms with Gasteiger partial charge in [-0.3, -0.25) is 9.89 Å². The Labute approximate surface area is 104 Å². The van der Waals surface area contributed by atoms with E-state index in [0.29, 0.717) is 25.2 Å². The molecule has 1 atom stereocenters. The highest BCUT2D eigenvalue weighted by Crippen LogP contribution is 2.19. The van der Waals surface area contributed by atoms with E-state index in [0.717, 1.165) is 0 Å². The topological polar surface area (TPSA) is 99.2 Å². The molecule has 0 spiro atoms. The minimum absolute atomic E-state index is 0.0480. The van der Waals surface area contributed by atoms with Crippen molar-refractivity contribution in [1.29, 1.82) is 0 Å². The Kier molecular flexibility index (Phi) is 3.31. The number of hydrogen-bond acceptors (Lipinski definition) is 4. The summed E-state index contributed by atoms with van der Waals surface area (Å²) in [6, 6.07) is -0.751. The Bertz CT molecular complexity index is 469. The van der Waals surface area contributed by atoms with Crippen molar-refractivity contribution < 1.29 is 14.7 Å². The van der Waals surface area contributed by atoms with Crippen LogP contribution in [0.1, 0.15) is 49.1 Å². The van der Waals surface area contributed by atoms with E-state index < -0.39 is 17.9 Å². The third kappa shape index (κ3) is 2.20. The highest BCUT2D eigenvalue weighted by molar-refractivity contribution is 5.93. The molecule has 2 heterocycles. The molecule has 98 valence electrons. The molecule has 1 amide bonds. The lowest BCUT2D eigenvalue weighted by Gasteiger charge is -2.19. The molecule has 7 heteroatoms. The summed E-state index contributed by atoms with van der Waals surface area (Å²) < 4.78 is 0. The van der Waals surface area contributed by atoms with E-state index in [-0.39, 0.29) is 11.7 Å². The van der Waals surface area contributed by atoms with Crippen molar-refractivity contribution in [1.82, 2.24) is 20.1 Å². The Morgan fingerprint density at radius 3 is 2.78 bits per heavy atom. The number of rotatable bonds is 3. The summed E-state index contributed by atoms with van der Waals surface area (Å²) in [7, 11) is 0. The van der Waals surface area contributed by atoms with E-state index in [4.69, 9.17) is 5.11 Å². The van der Waals surface area contributed by atoms with E-state index in [2.05, 4.69) is 15.2 Å². The van der Waals surface area contributed by atoms with Gasteiger partial charge in [0.2, 0.25) is 5.82 Å². The van der Waals surface area contributed by atoms with Crippen LogP contribution in [-0.4, -0.2) is 49.7 Å². The second-order valence-electron chi connectivity index (χ2n) is 4.69. The van der Waals surface area contributed by atoms with Gasteiger partial charge in [-0.25, -0.2) is 9.78 Å². The van der Waals surface area contributed by atoms with Crippen LogP contribution in [0, 0.1) is 0 Å². The molecule has 0 aromatic carbocycles. The fourth-order valence-corrected chi connectivity index (χ4v) is 2.02. The molecule has 0 saturated carbocycles. The molecule has 0 aliphatic carbocycles. The van der Waals surface area contributed by atoms with Crippen molar-refractivity contribution in [3.8, 4) is 0 Å². The molecule has 1 aliphatic heterocycles. The monoisotopic (exact) mass is 252 g/mol. The fraction of sp³-hybridized carbons (Fsp3) is 0.636. The molecule has 1 saturated heterocycles. The number of hydrogen-bond donors (Lipinski definition) is 2. The maximum atomic E-state index is 12.1. The summed E-state index contributed by atoms with van der Waals surface area (Å²) in [5.74, 6) is -0.562. The van der Waals surface area contributed by atoms with Gasteiger partial charge in [-0.15, -0.1) is 5.10 Å². The number of likely N-dealkylation sites (tertiary alicyclic amines) is 1. The Balaban J connectivity index is 2.17.